The molecular formula is C29H33Cl2FN2O2. The van der Waals surface area contributed by atoms with Crippen LogP contribution in [0.25, 0.3) is 0 Å². The van der Waals surface area contributed by atoms with E-state index in [1.807, 2.05) is 19.9 Å². The van der Waals surface area contributed by atoms with Gasteiger partial charge in [0, 0.05) is 28.6 Å². The monoisotopic (exact) mass is 530 g/mol. The number of anilines is 1. The predicted octanol–water partition coefficient (Wildman–Crippen LogP) is 7.03. The Hall–Kier alpha value is -1.95. The first-order chi connectivity index (χ1) is 17.1. The molecule has 2 fully saturated rings. The van der Waals surface area contributed by atoms with Crippen LogP contribution in [0.5, 0.6) is 0 Å². The molecule has 0 bridgehead atoms. The fourth-order valence-corrected chi connectivity index (χ4v) is 7.42. The molecule has 1 saturated carbocycles. The van der Waals surface area contributed by atoms with Crippen LogP contribution in [0.15, 0.2) is 36.4 Å². The highest BCUT2D eigenvalue weighted by Crippen LogP contribution is 2.60. The van der Waals surface area contributed by atoms with Gasteiger partial charge in [-0.1, -0.05) is 68.1 Å². The third-order valence-corrected chi connectivity index (χ3v) is 9.68. The molecular weight excluding hydrogens is 498 g/mol. The highest BCUT2D eigenvalue weighted by atomic mass is 35.5. The third kappa shape index (κ3) is 3.81. The highest BCUT2D eigenvalue weighted by Gasteiger charge is 2.70. The average molecular weight is 531 g/mol. The van der Waals surface area contributed by atoms with Crippen LogP contribution < -0.4 is 10.6 Å². The number of hydrogen-bond acceptors (Lipinski definition) is 3. The number of rotatable bonds is 5. The summed E-state index contributed by atoms with van der Waals surface area (Å²) >= 11 is 12.5. The van der Waals surface area contributed by atoms with Crippen LogP contribution in [0, 0.1) is 17.7 Å². The van der Waals surface area contributed by atoms with Crippen LogP contribution >= 0.6 is 23.2 Å². The second-order valence-corrected chi connectivity index (χ2v) is 12.0. The number of halogens is 3. The van der Waals surface area contributed by atoms with Crippen molar-refractivity contribution in [1.82, 2.24) is 5.32 Å². The second kappa shape index (κ2) is 9.41. The largest absolute Gasteiger partial charge is 0.325 e. The number of carbonyl (C=O) groups is 2. The van der Waals surface area contributed by atoms with Crippen molar-refractivity contribution in [3.05, 3.63) is 63.4 Å². The van der Waals surface area contributed by atoms with Crippen LogP contribution in [0.2, 0.25) is 10.0 Å². The third-order valence-electron chi connectivity index (χ3n) is 9.15. The minimum Gasteiger partial charge on any atom is -0.325 e. The second-order valence-electron chi connectivity index (χ2n) is 11.2. The Morgan fingerprint density at radius 3 is 2.56 bits per heavy atom. The van der Waals surface area contributed by atoms with Crippen LogP contribution in [-0.2, 0) is 15.0 Å². The summed E-state index contributed by atoms with van der Waals surface area (Å²) in [6, 6.07) is 9.45. The smallest absolute Gasteiger partial charge is 0.237 e. The average Bonchev–Trinajstić information content (AvgIpc) is 3.29. The minimum absolute atomic E-state index is 0.0186. The van der Waals surface area contributed by atoms with Gasteiger partial charge in [-0.15, -0.1) is 0 Å². The van der Waals surface area contributed by atoms with Gasteiger partial charge in [0.2, 0.25) is 5.91 Å². The maximum absolute atomic E-state index is 15.7. The molecule has 4 atom stereocenters. The Bertz CT molecular complexity index is 1210. The Morgan fingerprint density at radius 1 is 1.14 bits per heavy atom. The summed E-state index contributed by atoms with van der Waals surface area (Å²) in [7, 11) is 0. The topological polar surface area (TPSA) is 58.2 Å². The van der Waals surface area contributed by atoms with Crippen molar-refractivity contribution in [2.24, 2.45) is 11.8 Å². The van der Waals surface area contributed by atoms with Gasteiger partial charge in [0.25, 0.3) is 0 Å². The van der Waals surface area contributed by atoms with E-state index < -0.39 is 28.7 Å². The zero-order chi connectivity index (χ0) is 25.8. The van der Waals surface area contributed by atoms with E-state index in [4.69, 9.17) is 23.2 Å². The zero-order valence-corrected chi connectivity index (χ0v) is 22.5. The Morgan fingerprint density at radius 2 is 1.86 bits per heavy atom. The standard InChI is InChI=1S/C29H33Cl2FN2O2/c1-4-28(3)29(20-13-12-18(30)15-22(20)33-27(29)36)24(19-6-5-7-21(31)25(19)32)26(34-28)23(35)14-17-10-8-16(2)9-11-17/h5-7,12-13,15-17,24,26,34H,4,8-11,14H2,1-3H3,(H,33,36)/t16?,17?,24-,26-,28-,29+/m0/s1. The van der Waals surface area contributed by atoms with E-state index in [9.17, 15) is 9.59 Å². The van der Waals surface area contributed by atoms with E-state index >= 15 is 4.39 Å². The van der Waals surface area contributed by atoms with Gasteiger partial charge in [-0.25, -0.2) is 4.39 Å². The van der Waals surface area contributed by atoms with E-state index in [0.717, 1.165) is 31.2 Å². The van der Waals surface area contributed by atoms with E-state index in [0.29, 0.717) is 41.0 Å². The van der Waals surface area contributed by atoms with Crippen LogP contribution in [0.1, 0.15) is 76.3 Å². The summed E-state index contributed by atoms with van der Waals surface area (Å²) in [5, 5.41) is 7.07. The number of fused-ring (bicyclic) bond motifs is 2. The maximum atomic E-state index is 15.7. The molecule has 0 unspecified atom stereocenters. The van der Waals surface area contributed by atoms with Gasteiger partial charge in [0.15, 0.2) is 5.78 Å². The van der Waals surface area contributed by atoms with Crippen molar-refractivity contribution in [1.29, 1.82) is 0 Å². The first-order valence-corrected chi connectivity index (χ1v) is 13.7. The van der Waals surface area contributed by atoms with E-state index in [-0.39, 0.29) is 16.7 Å². The molecule has 2 heterocycles. The number of hydrogen-bond donors (Lipinski definition) is 2. The molecule has 3 aliphatic rings. The summed E-state index contributed by atoms with van der Waals surface area (Å²) in [6.07, 6.45) is 5.27. The first-order valence-electron chi connectivity index (χ1n) is 13.0. The van der Waals surface area contributed by atoms with E-state index in [2.05, 4.69) is 17.6 Å². The molecule has 0 aromatic heterocycles. The lowest BCUT2D eigenvalue weighted by atomic mass is 9.58. The summed E-state index contributed by atoms with van der Waals surface area (Å²) in [6.45, 7) is 6.23. The van der Waals surface area contributed by atoms with Gasteiger partial charge in [-0.3, -0.25) is 9.59 Å². The summed E-state index contributed by atoms with van der Waals surface area (Å²) in [5.41, 5.74) is -0.387. The van der Waals surface area contributed by atoms with Crippen molar-refractivity contribution in [2.45, 2.75) is 82.2 Å². The van der Waals surface area contributed by atoms with Gasteiger partial charge in [0.05, 0.1) is 11.1 Å². The number of carbonyl (C=O) groups excluding carboxylic acids is 2. The Kier molecular flexibility index (Phi) is 6.72. The SMILES string of the molecule is CC[C@]1(C)N[C@@H](C(=O)CC2CCC(C)CC2)[C@H](c2cccc(Cl)c2F)[C@]12C(=O)Nc1cc(Cl)ccc12. The molecule has 0 radical (unpaired) electrons. The lowest BCUT2D eigenvalue weighted by molar-refractivity contribution is -0.123. The van der Waals surface area contributed by atoms with Crippen molar-refractivity contribution in [3.63, 3.8) is 0 Å². The molecule has 5 rings (SSSR count). The molecule has 1 amide bonds. The quantitative estimate of drug-likeness (QED) is 0.436. The summed E-state index contributed by atoms with van der Waals surface area (Å²) in [4.78, 5) is 28.1. The summed E-state index contributed by atoms with van der Waals surface area (Å²) in [5.74, 6) is -0.558. The molecule has 2 N–H and O–H groups in total. The van der Waals surface area contributed by atoms with E-state index in [1.54, 1.807) is 24.3 Å². The lowest BCUT2D eigenvalue weighted by Crippen LogP contribution is -2.57. The summed E-state index contributed by atoms with van der Waals surface area (Å²) < 4.78 is 15.7. The fraction of sp³-hybridized carbons (Fsp3) is 0.517. The highest BCUT2D eigenvalue weighted by molar-refractivity contribution is 6.31. The number of ketones is 1. The molecule has 36 heavy (non-hydrogen) atoms. The fourth-order valence-electron chi connectivity index (χ4n) is 7.06. The maximum Gasteiger partial charge on any atom is 0.237 e. The van der Waals surface area contributed by atoms with Crippen molar-refractivity contribution in [3.8, 4) is 0 Å². The molecule has 1 saturated heterocycles. The van der Waals surface area contributed by atoms with Crippen molar-refractivity contribution in [2.75, 3.05) is 5.32 Å². The van der Waals surface area contributed by atoms with Gasteiger partial charge >= 0.3 is 0 Å². The normalized spacial score (nSPS) is 33.6. The van der Waals surface area contributed by atoms with Crippen LogP contribution in [0.4, 0.5) is 10.1 Å². The molecule has 4 nitrogen and oxygen atoms in total. The molecule has 192 valence electrons. The number of Topliss-reactive ketones (excluding diaryl/α,β-unsaturated/α-hetero) is 1. The van der Waals surface area contributed by atoms with Crippen molar-refractivity contribution >= 4 is 40.6 Å². The Balaban J connectivity index is 1.67. The van der Waals surface area contributed by atoms with Crippen molar-refractivity contribution < 1.29 is 14.0 Å². The van der Waals surface area contributed by atoms with Crippen LogP contribution in [-0.4, -0.2) is 23.3 Å². The van der Waals surface area contributed by atoms with Gasteiger partial charge < -0.3 is 10.6 Å². The number of nitrogens with one attached hydrogen (secondary N) is 2. The van der Waals surface area contributed by atoms with Gasteiger partial charge in [0.1, 0.15) is 11.2 Å². The minimum atomic E-state index is -1.21. The van der Waals surface area contributed by atoms with Crippen LogP contribution in [0.3, 0.4) is 0 Å². The van der Waals surface area contributed by atoms with Gasteiger partial charge in [-0.2, -0.15) is 0 Å². The number of benzene rings is 2. The zero-order valence-electron chi connectivity index (χ0n) is 21.0. The van der Waals surface area contributed by atoms with Gasteiger partial charge in [-0.05, 0) is 67.3 Å². The molecule has 7 heteroatoms. The molecule has 1 aliphatic carbocycles. The molecule has 2 aromatic rings. The lowest BCUT2D eigenvalue weighted by Gasteiger charge is -2.42. The molecule has 2 aliphatic heterocycles. The Labute approximate surface area is 222 Å². The predicted molar refractivity (Wildman–Crippen MR) is 142 cm³/mol. The molecule has 1 spiro atoms. The first kappa shape index (κ1) is 25.7. The number of amides is 1. The molecule has 2 aromatic carbocycles. The van der Waals surface area contributed by atoms with E-state index in [1.165, 1.54) is 6.07 Å².